The number of nitrogens with one attached hydrogen (secondary N) is 2. The smallest absolute Gasteiger partial charge is 0.230 e. The van der Waals surface area contributed by atoms with Crippen LogP contribution < -0.4 is 11.1 Å². The SMILES string of the molecule is CC1(C(=O)Nc2ccc3nc(CN)[nH]c3c2)CCC1. The number of carbonyl (C=O) groups excluding carboxylic acids is 1. The number of hydrogen-bond donors (Lipinski definition) is 3. The molecule has 100 valence electrons. The van der Waals surface area contributed by atoms with Gasteiger partial charge in [-0.2, -0.15) is 0 Å². The van der Waals surface area contributed by atoms with Crippen molar-refractivity contribution in [3.63, 3.8) is 0 Å². The molecule has 0 aliphatic heterocycles. The van der Waals surface area contributed by atoms with Crippen LogP contribution in [0.25, 0.3) is 11.0 Å². The van der Waals surface area contributed by atoms with Crippen LogP contribution in [0.2, 0.25) is 0 Å². The lowest BCUT2D eigenvalue weighted by Crippen LogP contribution is -2.39. The fraction of sp³-hybridized carbons (Fsp3) is 0.429. The van der Waals surface area contributed by atoms with Crippen LogP contribution >= 0.6 is 0 Å². The fourth-order valence-corrected chi connectivity index (χ4v) is 2.45. The second-order valence-electron chi connectivity index (χ2n) is 5.49. The number of aromatic amines is 1. The van der Waals surface area contributed by atoms with Gasteiger partial charge in [-0.15, -0.1) is 0 Å². The van der Waals surface area contributed by atoms with Crippen LogP contribution in [0.4, 0.5) is 5.69 Å². The third kappa shape index (κ3) is 2.10. The number of nitrogens with two attached hydrogens (primary N) is 1. The molecule has 5 nitrogen and oxygen atoms in total. The van der Waals surface area contributed by atoms with Crippen molar-refractivity contribution in [1.82, 2.24) is 9.97 Å². The molecule has 1 aliphatic rings. The maximum absolute atomic E-state index is 12.2. The van der Waals surface area contributed by atoms with Crippen molar-refractivity contribution in [3.05, 3.63) is 24.0 Å². The Hall–Kier alpha value is -1.88. The molecule has 1 aromatic carbocycles. The van der Waals surface area contributed by atoms with Crippen LogP contribution in [-0.2, 0) is 11.3 Å². The molecule has 1 saturated carbocycles. The Balaban J connectivity index is 1.83. The molecule has 0 saturated heterocycles. The molecular formula is C14H18N4O. The van der Waals surface area contributed by atoms with Crippen molar-refractivity contribution in [1.29, 1.82) is 0 Å². The average Bonchev–Trinajstić information content (AvgIpc) is 2.78. The lowest BCUT2D eigenvalue weighted by molar-refractivity contribution is -0.128. The van der Waals surface area contributed by atoms with Gasteiger partial charge in [0.05, 0.1) is 17.6 Å². The highest BCUT2D eigenvalue weighted by atomic mass is 16.2. The predicted octanol–water partition coefficient (Wildman–Crippen LogP) is 2.15. The second kappa shape index (κ2) is 4.35. The van der Waals surface area contributed by atoms with Gasteiger partial charge in [0.25, 0.3) is 0 Å². The average molecular weight is 258 g/mol. The summed E-state index contributed by atoms with van der Waals surface area (Å²) in [5.41, 5.74) is 7.93. The van der Waals surface area contributed by atoms with Gasteiger partial charge in [0.15, 0.2) is 0 Å². The lowest BCUT2D eigenvalue weighted by Gasteiger charge is -2.36. The van der Waals surface area contributed by atoms with Gasteiger partial charge in [0.1, 0.15) is 5.82 Å². The number of hydrogen-bond acceptors (Lipinski definition) is 3. The van der Waals surface area contributed by atoms with Gasteiger partial charge in [-0.25, -0.2) is 4.98 Å². The first-order chi connectivity index (χ1) is 9.10. The lowest BCUT2D eigenvalue weighted by atomic mass is 9.70. The molecule has 2 aromatic rings. The molecule has 5 heteroatoms. The number of fused-ring (bicyclic) bond motifs is 1. The van der Waals surface area contributed by atoms with Crippen LogP contribution in [0.1, 0.15) is 32.0 Å². The van der Waals surface area contributed by atoms with Crippen LogP contribution in [0.5, 0.6) is 0 Å². The van der Waals surface area contributed by atoms with Gasteiger partial charge in [0, 0.05) is 11.1 Å². The van der Waals surface area contributed by atoms with Gasteiger partial charge in [-0.05, 0) is 31.0 Å². The molecule has 0 bridgehead atoms. The zero-order valence-electron chi connectivity index (χ0n) is 11.0. The highest BCUT2D eigenvalue weighted by molar-refractivity contribution is 5.97. The van der Waals surface area contributed by atoms with E-state index in [0.717, 1.165) is 41.8 Å². The van der Waals surface area contributed by atoms with Gasteiger partial charge in [-0.3, -0.25) is 4.79 Å². The Labute approximate surface area is 111 Å². The summed E-state index contributed by atoms with van der Waals surface area (Å²) in [6.45, 7) is 2.40. The van der Waals surface area contributed by atoms with Crippen LogP contribution in [-0.4, -0.2) is 15.9 Å². The summed E-state index contributed by atoms with van der Waals surface area (Å²) in [6.07, 6.45) is 3.09. The number of anilines is 1. The summed E-state index contributed by atoms with van der Waals surface area (Å²) in [4.78, 5) is 19.6. The van der Waals surface area contributed by atoms with E-state index in [1.165, 1.54) is 0 Å². The maximum atomic E-state index is 12.2. The first kappa shape index (κ1) is 12.2. The van der Waals surface area contributed by atoms with Crippen LogP contribution in [0.3, 0.4) is 0 Å². The Morgan fingerprint density at radius 1 is 1.53 bits per heavy atom. The van der Waals surface area contributed by atoms with Crippen LogP contribution in [0.15, 0.2) is 18.2 Å². The Morgan fingerprint density at radius 2 is 2.32 bits per heavy atom. The van der Waals surface area contributed by atoms with E-state index in [4.69, 9.17) is 5.73 Å². The quantitative estimate of drug-likeness (QED) is 0.788. The highest BCUT2D eigenvalue weighted by Crippen LogP contribution is 2.41. The van der Waals surface area contributed by atoms with E-state index in [-0.39, 0.29) is 11.3 Å². The molecule has 0 unspecified atom stereocenters. The summed E-state index contributed by atoms with van der Waals surface area (Å²) in [6, 6.07) is 5.68. The largest absolute Gasteiger partial charge is 0.341 e. The maximum Gasteiger partial charge on any atom is 0.230 e. The number of rotatable bonds is 3. The molecule has 0 atom stereocenters. The summed E-state index contributed by atoms with van der Waals surface area (Å²) in [5.74, 6) is 0.862. The topological polar surface area (TPSA) is 83.8 Å². The van der Waals surface area contributed by atoms with Crippen molar-refractivity contribution in [2.24, 2.45) is 11.1 Å². The molecule has 1 aromatic heterocycles. The van der Waals surface area contributed by atoms with E-state index in [9.17, 15) is 4.79 Å². The molecule has 4 N–H and O–H groups in total. The summed E-state index contributed by atoms with van der Waals surface area (Å²) in [7, 11) is 0. The number of aromatic nitrogens is 2. The van der Waals surface area contributed by atoms with E-state index in [0.29, 0.717) is 6.54 Å². The monoisotopic (exact) mass is 258 g/mol. The van der Waals surface area contributed by atoms with Gasteiger partial charge < -0.3 is 16.0 Å². The Kier molecular flexibility index (Phi) is 2.78. The number of nitrogens with zero attached hydrogens (tertiary/aromatic N) is 1. The Bertz CT molecular complexity index is 627. The molecular weight excluding hydrogens is 240 g/mol. The van der Waals surface area contributed by atoms with Crippen LogP contribution in [0, 0.1) is 5.41 Å². The first-order valence-electron chi connectivity index (χ1n) is 6.61. The van der Waals surface area contributed by atoms with Crippen molar-refractivity contribution in [2.75, 3.05) is 5.32 Å². The third-order valence-electron chi connectivity index (χ3n) is 3.99. The van der Waals surface area contributed by atoms with Gasteiger partial charge in [-0.1, -0.05) is 13.3 Å². The zero-order chi connectivity index (χ0) is 13.5. The second-order valence-corrected chi connectivity index (χ2v) is 5.49. The van der Waals surface area contributed by atoms with Crippen molar-refractivity contribution >= 4 is 22.6 Å². The highest BCUT2D eigenvalue weighted by Gasteiger charge is 2.39. The minimum absolute atomic E-state index is 0.108. The van der Waals surface area contributed by atoms with E-state index in [2.05, 4.69) is 15.3 Å². The summed E-state index contributed by atoms with van der Waals surface area (Å²) in [5, 5.41) is 2.99. The normalized spacial score (nSPS) is 17.2. The molecule has 19 heavy (non-hydrogen) atoms. The number of carbonyl (C=O) groups is 1. The first-order valence-corrected chi connectivity index (χ1v) is 6.61. The Morgan fingerprint density at radius 3 is 2.95 bits per heavy atom. The number of imidazole rings is 1. The fourth-order valence-electron chi connectivity index (χ4n) is 2.45. The minimum Gasteiger partial charge on any atom is -0.341 e. The van der Waals surface area contributed by atoms with E-state index in [1.807, 2.05) is 25.1 Å². The molecule has 3 rings (SSSR count). The van der Waals surface area contributed by atoms with E-state index >= 15 is 0 Å². The number of benzene rings is 1. The van der Waals surface area contributed by atoms with Gasteiger partial charge in [0.2, 0.25) is 5.91 Å². The minimum atomic E-state index is -0.189. The molecule has 0 spiro atoms. The van der Waals surface area contributed by atoms with Crippen molar-refractivity contribution < 1.29 is 4.79 Å². The van der Waals surface area contributed by atoms with Crippen molar-refractivity contribution in [3.8, 4) is 0 Å². The van der Waals surface area contributed by atoms with Crippen molar-refractivity contribution in [2.45, 2.75) is 32.7 Å². The van der Waals surface area contributed by atoms with E-state index in [1.54, 1.807) is 0 Å². The van der Waals surface area contributed by atoms with E-state index < -0.39 is 0 Å². The molecule has 1 heterocycles. The molecule has 1 amide bonds. The third-order valence-corrected chi connectivity index (χ3v) is 3.99. The molecule has 0 radical (unpaired) electrons. The standard InChI is InChI=1S/C14H18N4O/c1-14(5-2-6-14)13(19)16-9-3-4-10-11(7-9)18-12(8-15)17-10/h3-4,7H,2,5-6,8,15H2,1H3,(H,16,19)(H,17,18). The summed E-state index contributed by atoms with van der Waals surface area (Å²) >= 11 is 0. The zero-order valence-corrected chi connectivity index (χ0v) is 11.0. The summed E-state index contributed by atoms with van der Waals surface area (Å²) < 4.78 is 0. The number of amides is 1. The predicted molar refractivity (Wildman–Crippen MR) is 74.6 cm³/mol. The van der Waals surface area contributed by atoms with Gasteiger partial charge >= 0.3 is 0 Å². The number of H-pyrrole nitrogens is 1. The molecule has 1 aliphatic carbocycles. The molecule has 1 fully saturated rings.